The van der Waals surface area contributed by atoms with Crippen molar-refractivity contribution in [2.24, 2.45) is 0 Å². The number of pyridine rings is 1. The van der Waals surface area contributed by atoms with Gasteiger partial charge in [-0.25, -0.2) is 0 Å². The van der Waals surface area contributed by atoms with E-state index in [2.05, 4.69) is 19.7 Å². The molecule has 4 heteroatoms. The van der Waals surface area contributed by atoms with Gasteiger partial charge >= 0.3 is 0 Å². The van der Waals surface area contributed by atoms with Gasteiger partial charge in [0, 0.05) is 30.9 Å². The van der Waals surface area contributed by atoms with E-state index in [-0.39, 0.29) is 0 Å². The van der Waals surface area contributed by atoms with Gasteiger partial charge in [0.05, 0.1) is 0 Å². The summed E-state index contributed by atoms with van der Waals surface area (Å²) in [6.45, 7) is 1.04. The van der Waals surface area contributed by atoms with E-state index < -0.39 is 0 Å². The van der Waals surface area contributed by atoms with Crippen molar-refractivity contribution in [1.29, 1.82) is 0 Å². The van der Waals surface area contributed by atoms with Crippen LogP contribution in [0, 0.1) is 0 Å². The smallest absolute Gasteiger partial charge is 0.164 e. The molecule has 1 aliphatic rings. The van der Waals surface area contributed by atoms with Crippen molar-refractivity contribution < 1.29 is 0 Å². The third kappa shape index (κ3) is 1.42. The van der Waals surface area contributed by atoms with E-state index in [9.17, 15) is 0 Å². The van der Waals surface area contributed by atoms with Crippen LogP contribution in [0.3, 0.4) is 0 Å². The van der Waals surface area contributed by atoms with Crippen LogP contribution in [0.25, 0.3) is 11.4 Å². The highest BCUT2D eigenvalue weighted by molar-refractivity contribution is 5.54. The molecule has 0 aromatic carbocycles. The summed E-state index contributed by atoms with van der Waals surface area (Å²) in [4.78, 5) is 4.01. The van der Waals surface area contributed by atoms with E-state index in [4.69, 9.17) is 0 Å². The van der Waals surface area contributed by atoms with E-state index >= 15 is 0 Å². The number of nitrogens with zero attached hydrogens (tertiary/aromatic N) is 4. The van der Waals surface area contributed by atoms with E-state index in [1.807, 2.05) is 12.1 Å². The molecule has 1 aliphatic heterocycles. The molecule has 2 aromatic rings. The lowest BCUT2D eigenvalue weighted by Crippen LogP contribution is -2.11. The molecule has 0 atom stereocenters. The summed E-state index contributed by atoms with van der Waals surface area (Å²) < 4.78 is 2.22. The van der Waals surface area contributed by atoms with Crippen LogP contribution in [0.1, 0.15) is 18.7 Å². The van der Waals surface area contributed by atoms with Crippen molar-refractivity contribution in [2.75, 3.05) is 0 Å². The first-order valence-electron chi connectivity index (χ1n) is 5.27. The van der Waals surface area contributed by atoms with Gasteiger partial charge in [0.25, 0.3) is 0 Å². The number of fused-ring (bicyclic) bond motifs is 1. The molecule has 15 heavy (non-hydrogen) atoms. The fourth-order valence-electron chi connectivity index (χ4n) is 2.02. The first-order valence-corrected chi connectivity index (χ1v) is 5.27. The van der Waals surface area contributed by atoms with Crippen molar-refractivity contribution in [1.82, 2.24) is 19.7 Å². The molecule has 0 N–H and O–H groups in total. The predicted octanol–water partition coefficient (Wildman–Crippen LogP) is 1.68. The van der Waals surface area contributed by atoms with Crippen LogP contribution in [0.5, 0.6) is 0 Å². The molecular weight excluding hydrogens is 188 g/mol. The highest BCUT2D eigenvalue weighted by Crippen LogP contribution is 2.21. The van der Waals surface area contributed by atoms with E-state index in [0.29, 0.717) is 0 Å². The third-order valence-electron chi connectivity index (χ3n) is 2.80. The maximum atomic E-state index is 4.25. The molecule has 0 saturated heterocycles. The Labute approximate surface area is 88.0 Å². The van der Waals surface area contributed by atoms with Crippen LogP contribution in [-0.4, -0.2) is 19.7 Å². The molecule has 0 spiro atoms. The third-order valence-corrected chi connectivity index (χ3v) is 2.80. The van der Waals surface area contributed by atoms with Crippen molar-refractivity contribution in [3.63, 3.8) is 0 Å². The van der Waals surface area contributed by atoms with Crippen molar-refractivity contribution in [3.05, 3.63) is 30.4 Å². The number of aryl methyl sites for hydroxylation is 1. The van der Waals surface area contributed by atoms with E-state index in [1.54, 1.807) is 12.4 Å². The summed E-state index contributed by atoms with van der Waals surface area (Å²) in [5.41, 5.74) is 1.10. The van der Waals surface area contributed by atoms with Crippen LogP contribution < -0.4 is 0 Å². The minimum absolute atomic E-state index is 0.979. The maximum Gasteiger partial charge on any atom is 0.164 e. The fourth-order valence-corrected chi connectivity index (χ4v) is 2.02. The molecule has 0 bridgehead atoms. The molecule has 0 saturated carbocycles. The second-order valence-electron chi connectivity index (χ2n) is 3.78. The van der Waals surface area contributed by atoms with E-state index in [1.165, 1.54) is 12.8 Å². The van der Waals surface area contributed by atoms with Gasteiger partial charge in [-0.05, 0) is 25.0 Å². The molecule has 4 nitrogen and oxygen atoms in total. The Morgan fingerprint density at radius 1 is 1.07 bits per heavy atom. The second-order valence-corrected chi connectivity index (χ2v) is 3.78. The molecule has 0 radical (unpaired) electrons. The standard InChI is InChI=1S/C11H12N4/c1-2-8-15-10(3-1)13-14-11(15)9-4-6-12-7-5-9/h4-7H,1-3,8H2. The first kappa shape index (κ1) is 8.59. The van der Waals surface area contributed by atoms with Gasteiger partial charge in [0.2, 0.25) is 0 Å². The zero-order valence-corrected chi connectivity index (χ0v) is 8.43. The van der Waals surface area contributed by atoms with Gasteiger partial charge < -0.3 is 4.57 Å². The minimum atomic E-state index is 0.979. The summed E-state index contributed by atoms with van der Waals surface area (Å²) in [5.74, 6) is 2.10. The van der Waals surface area contributed by atoms with Crippen LogP contribution in [-0.2, 0) is 13.0 Å². The normalized spacial score (nSPS) is 14.9. The number of aromatic nitrogens is 4. The summed E-state index contributed by atoms with van der Waals surface area (Å²) in [6, 6.07) is 3.96. The molecule has 2 aromatic heterocycles. The van der Waals surface area contributed by atoms with Crippen LogP contribution >= 0.6 is 0 Å². The number of rotatable bonds is 1. The molecular formula is C11H12N4. The van der Waals surface area contributed by atoms with Crippen molar-refractivity contribution >= 4 is 0 Å². The minimum Gasteiger partial charge on any atom is -0.311 e. The maximum absolute atomic E-state index is 4.25. The van der Waals surface area contributed by atoms with Gasteiger partial charge in [0.1, 0.15) is 5.82 Å². The Morgan fingerprint density at radius 3 is 2.80 bits per heavy atom. The number of hydrogen-bond acceptors (Lipinski definition) is 3. The first-order chi connectivity index (χ1) is 7.45. The average Bonchev–Trinajstić information content (AvgIpc) is 2.74. The lowest BCUT2D eigenvalue weighted by Gasteiger charge is -2.14. The van der Waals surface area contributed by atoms with E-state index in [0.717, 1.165) is 30.2 Å². The monoisotopic (exact) mass is 200 g/mol. The fraction of sp³-hybridized carbons (Fsp3) is 0.364. The highest BCUT2D eigenvalue weighted by Gasteiger charge is 2.16. The Bertz CT molecular complexity index is 461. The predicted molar refractivity (Wildman–Crippen MR) is 56.2 cm³/mol. The quantitative estimate of drug-likeness (QED) is 0.703. The largest absolute Gasteiger partial charge is 0.311 e. The molecule has 3 rings (SSSR count). The molecule has 0 amide bonds. The number of hydrogen-bond donors (Lipinski definition) is 0. The zero-order valence-electron chi connectivity index (χ0n) is 8.43. The Kier molecular flexibility index (Phi) is 1.98. The summed E-state index contributed by atoms with van der Waals surface area (Å²) >= 11 is 0. The molecule has 3 heterocycles. The summed E-state index contributed by atoms with van der Waals surface area (Å²) in [6.07, 6.45) is 7.09. The van der Waals surface area contributed by atoms with Gasteiger partial charge in [-0.1, -0.05) is 0 Å². The average molecular weight is 200 g/mol. The lowest BCUT2D eigenvalue weighted by atomic mass is 10.1. The van der Waals surface area contributed by atoms with Gasteiger partial charge in [-0.15, -0.1) is 10.2 Å². The summed E-state index contributed by atoms with van der Waals surface area (Å²) in [7, 11) is 0. The van der Waals surface area contributed by atoms with Crippen molar-refractivity contribution in [3.8, 4) is 11.4 Å². The van der Waals surface area contributed by atoms with Crippen LogP contribution in [0.2, 0.25) is 0 Å². The molecule has 0 aliphatic carbocycles. The van der Waals surface area contributed by atoms with Crippen LogP contribution in [0.4, 0.5) is 0 Å². The highest BCUT2D eigenvalue weighted by atomic mass is 15.3. The molecule has 76 valence electrons. The second kappa shape index (κ2) is 3.46. The Hall–Kier alpha value is -1.71. The van der Waals surface area contributed by atoms with Gasteiger partial charge in [0.15, 0.2) is 5.82 Å². The Morgan fingerprint density at radius 2 is 1.93 bits per heavy atom. The summed E-state index contributed by atoms with van der Waals surface area (Å²) in [5, 5.41) is 8.48. The lowest BCUT2D eigenvalue weighted by molar-refractivity contribution is 0.526. The molecule has 0 fully saturated rings. The zero-order chi connectivity index (χ0) is 10.1. The van der Waals surface area contributed by atoms with Gasteiger partial charge in [-0.3, -0.25) is 4.98 Å². The van der Waals surface area contributed by atoms with Crippen LogP contribution in [0.15, 0.2) is 24.5 Å². The van der Waals surface area contributed by atoms with Crippen molar-refractivity contribution in [2.45, 2.75) is 25.8 Å². The SMILES string of the molecule is c1cc(-c2nnc3n2CCCC3)ccn1. The molecule has 0 unspecified atom stereocenters. The topological polar surface area (TPSA) is 43.6 Å². The van der Waals surface area contributed by atoms with Gasteiger partial charge in [-0.2, -0.15) is 0 Å². The Balaban J connectivity index is 2.09.